The Bertz CT molecular complexity index is 447. The van der Waals surface area contributed by atoms with Crippen LogP contribution in [0.15, 0.2) is 0 Å². The molecule has 0 aliphatic rings. The van der Waals surface area contributed by atoms with Gasteiger partial charge in [-0.1, -0.05) is 0 Å². The van der Waals surface area contributed by atoms with Crippen molar-refractivity contribution in [1.29, 1.82) is 0 Å². The van der Waals surface area contributed by atoms with Gasteiger partial charge in [0.25, 0.3) is 0 Å². The quantitative estimate of drug-likeness (QED) is 0.325. The van der Waals surface area contributed by atoms with Gasteiger partial charge in [0.2, 0.25) is 13.9 Å². The standard InChI is InChI=1S/C5H4F8O2.C2H5F.2CH2F2.CH3FO3S.CH3F/c6-1-14-3(8,4(9,10)11)5(12,13)15-2-7;1-2-3;2*2-1-3;2-1-6(3,4)5;1-2/h1-2H2;2H2,1H3;2*1H2;1H2,(H,3,4,5);1H3/p-1. The van der Waals surface area contributed by atoms with E-state index in [9.17, 15) is 65.9 Å². The summed E-state index contributed by atoms with van der Waals surface area (Å²) in [6.07, 6.45) is -12.0. The first-order chi connectivity index (χ1) is 14.4. The van der Waals surface area contributed by atoms with E-state index in [1.807, 2.05) is 0 Å². The van der Waals surface area contributed by atoms with E-state index in [4.69, 9.17) is 13.0 Å². The molecule has 0 N–H and O–H groups in total. The van der Waals surface area contributed by atoms with Crippen molar-refractivity contribution in [2.75, 3.05) is 47.4 Å². The monoisotopic (exact) mass is 547 g/mol. The summed E-state index contributed by atoms with van der Waals surface area (Å²) in [7, 11) is -4.08. The van der Waals surface area contributed by atoms with Crippen LogP contribution in [0.25, 0.3) is 0 Å². The first-order valence-electron chi connectivity index (χ1n) is 6.63. The molecule has 0 aliphatic heterocycles. The van der Waals surface area contributed by atoms with E-state index in [2.05, 4.69) is 9.47 Å². The van der Waals surface area contributed by atoms with Gasteiger partial charge in [0.05, 0.1) is 13.9 Å². The third-order valence-corrected chi connectivity index (χ3v) is 1.63. The van der Waals surface area contributed by atoms with Gasteiger partial charge in [-0.05, 0) is 6.92 Å². The molecule has 0 fully saturated rings. The second-order valence-electron chi connectivity index (χ2n) is 3.25. The fraction of sp³-hybridized carbons (Fsp3) is 1.00. The molecule has 0 saturated carbocycles. The second-order valence-corrected chi connectivity index (χ2v) is 4.59. The first kappa shape index (κ1) is 44.5. The second kappa shape index (κ2) is 26.0. The van der Waals surface area contributed by atoms with Crippen molar-refractivity contribution in [2.45, 2.75) is 25.1 Å². The molecule has 0 amide bonds. The molecule has 0 aromatic rings. The van der Waals surface area contributed by atoms with Gasteiger partial charge in [0.1, 0.15) is 10.1 Å². The number of rotatable bonds is 6. The molecule has 0 radical (unpaired) electrons. The van der Waals surface area contributed by atoms with Crippen LogP contribution in [0.3, 0.4) is 0 Å². The van der Waals surface area contributed by atoms with Crippen LogP contribution in [-0.4, -0.2) is 78.5 Å². The Labute approximate surface area is 172 Å². The Morgan fingerprint density at radius 3 is 1.06 bits per heavy atom. The molecular weight excluding hydrogens is 529 g/mol. The van der Waals surface area contributed by atoms with Crippen LogP contribution in [-0.2, 0) is 19.6 Å². The minimum absolute atomic E-state index is 0.250. The predicted molar refractivity (Wildman–Crippen MR) is 77.5 cm³/mol. The van der Waals surface area contributed by atoms with Crippen LogP contribution in [0, 0.1) is 0 Å². The molecule has 0 aromatic heterocycles. The van der Waals surface area contributed by atoms with Crippen molar-refractivity contribution in [1.82, 2.24) is 0 Å². The first-order valence-corrected chi connectivity index (χ1v) is 8.21. The fourth-order valence-electron chi connectivity index (χ4n) is 0.567. The lowest BCUT2D eigenvalue weighted by Gasteiger charge is -2.31. The molecule has 0 rings (SSSR count). The Kier molecular flexibility index (Phi) is 36.2. The zero-order valence-corrected chi connectivity index (χ0v) is 16.7. The third-order valence-electron chi connectivity index (χ3n) is 1.36. The van der Waals surface area contributed by atoms with Crippen LogP contribution in [0.2, 0.25) is 0 Å². The highest BCUT2D eigenvalue weighted by Crippen LogP contribution is 2.46. The smallest absolute Gasteiger partial charge is 0.458 e. The molecule has 0 aromatic carbocycles. The maximum Gasteiger partial charge on any atom is 0.458 e. The summed E-state index contributed by atoms with van der Waals surface area (Å²) in [6.45, 7) is -7.17. The number of hydrogen-bond donors (Lipinski definition) is 0. The highest BCUT2D eigenvalue weighted by Gasteiger charge is 2.74. The van der Waals surface area contributed by atoms with Crippen molar-refractivity contribution in [3.8, 4) is 0 Å². The van der Waals surface area contributed by atoms with Crippen LogP contribution in [0.4, 0.5) is 65.9 Å². The van der Waals surface area contributed by atoms with Crippen molar-refractivity contribution in [3.63, 3.8) is 0 Å². The average Bonchev–Trinajstić information content (AvgIpc) is 2.64. The van der Waals surface area contributed by atoms with Gasteiger partial charge in [-0.3, -0.25) is 13.5 Å². The van der Waals surface area contributed by atoms with E-state index in [0.29, 0.717) is 7.18 Å². The average molecular weight is 547 g/mol. The molecule has 0 spiro atoms. The van der Waals surface area contributed by atoms with Gasteiger partial charge >= 0.3 is 18.1 Å². The summed E-state index contributed by atoms with van der Waals surface area (Å²) in [6, 6.07) is -1.81. The van der Waals surface area contributed by atoms with Gasteiger partial charge in [-0.25, -0.2) is 39.2 Å². The molecule has 0 heterocycles. The van der Waals surface area contributed by atoms with Gasteiger partial charge < -0.3 is 9.29 Å². The normalized spacial score (nSPS) is 12.3. The number of ether oxygens (including phenoxy) is 2. The molecule has 1 unspecified atom stereocenters. The largest absolute Gasteiger partial charge is 0.746 e. The number of halogens is 15. The molecule has 21 heteroatoms. The van der Waals surface area contributed by atoms with Crippen LogP contribution >= 0.6 is 0 Å². The lowest BCUT2D eigenvalue weighted by Crippen LogP contribution is -2.58. The molecular formula is C11H18F15O5S-. The van der Waals surface area contributed by atoms with E-state index in [0.717, 1.165) is 0 Å². The fourth-order valence-corrected chi connectivity index (χ4v) is 0.567. The SMILES string of the molecule is CCF.CF.FCF.FCF.FCOC(F)(F)C(F)(OCF)C(F)(F)F.O=S(=O)([O-])CF. The molecule has 204 valence electrons. The van der Waals surface area contributed by atoms with Crippen molar-refractivity contribution >= 4 is 10.1 Å². The summed E-state index contributed by atoms with van der Waals surface area (Å²) in [5.41, 5.74) is 0. The van der Waals surface area contributed by atoms with E-state index in [1.165, 1.54) is 6.92 Å². The highest BCUT2D eigenvalue weighted by molar-refractivity contribution is 7.85. The summed E-state index contributed by atoms with van der Waals surface area (Å²) < 4.78 is 196. The summed E-state index contributed by atoms with van der Waals surface area (Å²) >= 11 is 0. The maximum atomic E-state index is 12.6. The van der Waals surface area contributed by atoms with Crippen molar-refractivity contribution < 1.29 is 88.3 Å². The van der Waals surface area contributed by atoms with Gasteiger partial charge in [0.15, 0.2) is 19.7 Å². The number of alkyl halides is 15. The van der Waals surface area contributed by atoms with Crippen LogP contribution in [0.1, 0.15) is 6.92 Å². The van der Waals surface area contributed by atoms with E-state index >= 15 is 0 Å². The molecule has 32 heavy (non-hydrogen) atoms. The Morgan fingerprint density at radius 1 is 0.719 bits per heavy atom. The molecule has 0 saturated heterocycles. The van der Waals surface area contributed by atoms with Crippen LogP contribution in [0.5, 0.6) is 0 Å². The number of hydrogen-bond acceptors (Lipinski definition) is 5. The van der Waals surface area contributed by atoms with Gasteiger partial charge in [0, 0.05) is 0 Å². The Balaban J connectivity index is -0.0000000816. The maximum absolute atomic E-state index is 12.6. The van der Waals surface area contributed by atoms with E-state index in [-0.39, 0.29) is 6.67 Å². The predicted octanol–water partition coefficient (Wildman–Crippen LogP) is 5.48. The summed E-state index contributed by atoms with van der Waals surface area (Å²) in [4.78, 5) is 0. The summed E-state index contributed by atoms with van der Waals surface area (Å²) in [5.74, 6) is -5.74. The minimum atomic E-state index is -6.28. The Hall–Kier alpha value is -1.22. The van der Waals surface area contributed by atoms with E-state index in [1.54, 1.807) is 0 Å². The molecule has 5 nitrogen and oxygen atoms in total. The topological polar surface area (TPSA) is 75.7 Å². The molecule has 0 aliphatic carbocycles. The lowest BCUT2D eigenvalue weighted by molar-refractivity contribution is -0.466. The Morgan fingerprint density at radius 2 is 0.938 bits per heavy atom. The summed E-state index contributed by atoms with van der Waals surface area (Å²) in [5, 5.41) is 0. The van der Waals surface area contributed by atoms with Gasteiger partial charge in [-0.2, -0.15) is 26.3 Å². The van der Waals surface area contributed by atoms with Crippen molar-refractivity contribution in [2.24, 2.45) is 0 Å². The molecule has 0 bridgehead atoms. The lowest BCUT2D eigenvalue weighted by atomic mass is 10.3. The zero-order valence-electron chi connectivity index (χ0n) is 15.9. The third kappa shape index (κ3) is 28.8. The zero-order chi connectivity index (χ0) is 27.7. The highest BCUT2D eigenvalue weighted by atomic mass is 32.2. The van der Waals surface area contributed by atoms with Gasteiger partial charge in [-0.15, -0.1) is 0 Å². The van der Waals surface area contributed by atoms with Crippen molar-refractivity contribution in [3.05, 3.63) is 0 Å². The van der Waals surface area contributed by atoms with E-state index < -0.39 is 61.8 Å². The van der Waals surface area contributed by atoms with Crippen LogP contribution < -0.4 is 0 Å². The minimum Gasteiger partial charge on any atom is -0.746 e. The molecule has 1 atom stereocenters.